The van der Waals surface area contributed by atoms with Gasteiger partial charge in [-0.1, -0.05) is 37.3 Å². The quantitative estimate of drug-likeness (QED) is 0.724. The van der Waals surface area contributed by atoms with Crippen molar-refractivity contribution < 1.29 is 21.9 Å². The zero-order valence-corrected chi connectivity index (χ0v) is 14.2. The van der Waals surface area contributed by atoms with Crippen LogP contribution in [0.25, 0.3) is 11.0 Å². The summed E-state index contributed by atoms with van der Waals surface area (Å²) in [6.45, 7) is 0.670. The van der Waals surface area contributed by atoms with Gasteiger partial charge in [0, 0.05) is 5.56 Å². The Balaban J connectivity index is 1.81. The normalized spacial score (nSPS) is 12.4. The predicted molar refractivity (Wildman–Crippen MR) is 89.7 cm³/mol. The van der Waals surface area contributed by atoms with Crippen LogP contribution in [0.15, 0.2) is 53.4 Å². The van der Waals surface area contributed by atoms with E-state index in [-0.39, 0.29) is 22.2 Å². The topological polar surface area (TPSA) is 72.1 Å². The molecule has 5 nitrogen and oxygen atoms in total. The predicted octanol–water partition coefficient (Wildman–Crippen LogP) is 3.53. The number of nitrogens with zero attached hydrogens (tertiary/aromatic N) is 1. The number of halogens is 2. The van der Waals surface area contributed by atoms with E-state index in [2.05, 4.69) is 9.97 Å². The number of hydrogen-bond acceptors (Lipinski definition) is 4. The molecule has 2 aromatic carbocycles. The second-order valence-electron chi connectivity index (χ2n) is 5.48. The first-order valence-electron chi connectivity index (χ1n) is 7.60. The summed E-state index contributed by atoms with van der Waals surface area (Å²) in [6, 6.07) is 11.6. The molecule has 0 aliphatic rings. The van der Waals surface area contributed by atoms with E-state index in [1.165, 1.54) is 42.5 Å². The van der Waals surface area contributed by atoms with Gasteiger partial charge in [-0.3, -0.25) is 0 Å². The SMILES string of the molecule is CCS(=O)(=O)c1ccc2nc(OCC(F)(F)c3ccccc3)[nH]c2c1. The molecule has 8 heteroatoms. The molecule has 25 heavy (non-hydrogen) atoms. The largest absolute Gasteiger partial charge is 0.458 e. The Bertz CT molecular complexity index is 986. The molecule has 132 valence electrons. The molecule has 0 amide bonds. The molecule has 0 radical (unpaired) electrons. The maximum Gasteiger partial charge on any atom is 0.306 e. The minimum atomic E-state index is -3.36. The van der Waals surface area contributed by atoms with Crippen LogP contribution in [0.2, 0.25) is 0 Å². The number of aromatic nitrogens is 2. The fourth-order valence-corrected chi connectivity index (χ4v) is 3.22. The van der Waals surface area contributed by atoms with Crippen molar-refractivity contribution in [3.8, 4) is 6.01 Å². The van der Waals surface area contributed by atoms with Crippen LogP contribution in [-0.4, -0.2) is 30.7 Å². The van der Waals surface area contributed by atoms with Gasteiger partial charge < -0.3 is 9.72 Å². The summed E-state index contributed by atoms with van der Waals surface area (Å²) in [7, 11) is -3.36. The Kier molecular flexibility index (Phi) is 4.47. The number of ether oxygens (including phenoxy) is 1. The fourth-order valence-electron chi connectivity index (χ4n) is 2.32. The zero-order chi connectivity index (χ0) is 18.1. The number of nitrogens with one attached hydrogen (secondary N) is 1. The van der Waals surface area contributed by atoms with Gasteiger partial charge in [0.05, 0.1) is 21.7 Å². The molecule has 3 aromatic rings. The van der Waals surface area contributed by atoms with Gasteiger partial charge in [-0.25, -0.2) is 8.42 Å². The third-order valence-corrected chi connectivity index (χ3v) is 5.49. The molecular weight excluding hydrogens is 350 g/mol. The van der Waals surface area contributed by atoms with Gasteiger partial charge in [-0.05, 0) is 18.2 Å². The molecule has 0 saturated heterocycles. The molecule has 1 heterocycles. The van der Waals surface area contributed by atoms with Crippen LogP contribution in [0.1, 0.15) is 12.5 Å². The molecule has 0 bridgehead atoms. The van der Waals surface area contributed by atoms with Crippen LogP contribution in [0.4, 0.5) is 8.78 Å². The number of fused-ring (bicyclic) bond motifs is 1. The Labute approximate surface area is 143 Å². The molecule has 0 spiro atoms. The summed E-state index contributed by atoms with van der Waals surface area (Å²) in [5, 5.41) is 0. The summed E-state index contributed by atoms with van der Waals surface area (Å²) in [4.78, 5) is 6.92. The number of sulfone groups is 1. The maximum absolute atomic E-state index is 14.1. The van der Waals surface area contributed by atoms with Crippen molar-refractivity contribution in [2.24, 2.45) is 0 Å². The molecule has 0 fully saturated rings. The van der Waals surface area contributed by atoms with E-state index in [9.17, 15) is 17.2 Å². The van der Waals surface area contributed by atoms with Gasteiger partial charge in [-0.2, -0.15) is 13.8 Å². The molecule has 0 atom stereocenters. The molecule has 0 saturated carbocycles. The highest BCUT2D eigenvalue weighted by atomic mass is 32.2. The molecule has 1 aromatic heterocycles. The van der Waals surface area contributed by atoms with E-state index < -0.39 is 22.4 Å². The Morgan fingerprint density at radius 3 is 2.56 bits per heavy atom. The van der Waals surface area contributed by atoms with Crippen LogP contribution in [0.5, 0.6) is 6.01 Å². The average molecular weight is 366 g/mol. The first kappa shape index (κ1) is 17.3. The van der Waals surface area contributed by atoms with Crippen LogP contribution in [0, 0.1) is 0 Å². The van der Waals surface area contributed by atoms with Crippen molar-refractivity contribution in [2.75, 3.05) is 12.4 Å². The number of hydrogen-bond donors (Lipinski definition) is 1. The van der Waals surface area contributed by atoms with Crippen molar-refractivity contribution in [2.45, 2.75) is 17.7 Å². The number of aromatic amines is 1. The van der Waals surface area contributed by atoms with Gasteiger partial charge in [0.15, 0.2) is 16.4 Å². The van der Waals surface area contributed by atoms with Gasteiger partial charge in [0.25, 0.3) is 6.01 Å². The van der Waals surface area contributed by atoms with Crippen LogP contribution in [-0.2, 0) is 15.8 Å². The first-order valence-corrected chi connectivity index (χ1v) is 9.26. The highest BCUT2D eigenvalue weighted by Gasteiger charge is 2.32. The minimum Gasteiger partial charge on any atom is -0.458 e. The Hall–Kier alpha value is -2.48. The lowest BCUT2D eigenvalue weighted by atomic mass is 10.1. The van der Waals surface area contributed by atoms with Crippen LogP contribution in [0.3, 0.4) is 0 Å². The minimum absolute atomic E-state index is 0.0285. The number of benzene rings is 2. The zero-order valence-electron chi connectivity index (χ0n) is 13.4. The van der Waals surface area contributed by atoms with E-state index >= 15 is 0 Å². The average Bonchev–Trinajstić information content (AvgIpc) is 3.03. The van der Waals surface area contributed by atoms with Gasteiger partial charge in [0.1, 0.15) is 0 Å². The third kappa shape index (κ3) is 3.63. The summed E-state index contributed by atoms with van der Waals surface area (Å²) >= 11 is 0. The molecule has 3 rings (SSSR count). The first-order chi connectivity index (χ1) is 11.8. The van der Waals surface area contributed by atoms with Crippen LogP contribution < -0.4 is 4.74 Å². The van der Waals surface area contributed by atoms with Crippen molar-refractivity contribution in [3.05, 3.63) is 54.1 Å². The number of imidazole rings is 1. The van der Waals surface area contributed by atoms with Gasteiger partial charge >= 0.3 is 5.92 Å². The van der Waals surface area contributed by atoms with Crippen molar-refractivity contribution >= 4 is 20.9 Å². The Morgan fingerprint density at radius 1 is 1.16 bits per heavy atom. The standard InChI is InChI=1S/C17H16F2N2O3S/c1-2-25(22,23)13-8-9-14-15(10-13)21-16(20-14)24-11-17(18,19)12-6-4-3-5-7-12/h3-10H,2,11H2,1H3,(H,20,21). The molecule has 0 aliphatic carbocycles. The summed E-state index contributed by atoms with van der Waals surface area (Å²) in [5.41, 5.74) is 0.697. The summed E-state index contributed by atoms with van der Waals surface area (Å²) in [5.74, 6) is -3.20. The van der Waals surface area contributed by atoms with Gasteiger partial charge in [-0.15, -0.1) is 0 Å². The lowest BCUT2D eigenvalue weighted by molar-refractivity contribution is -0.0488. The molecule has 1 N–H and O–H groups in total. The van der Waals surface area contributed by atoms with Gasteiger partial charge in [0.2, 0.25) is 0 Å². The van der Waals surface area contributed by atoms with E-state index in [1.807, 2.05) is 0 Å². The van der Waals surface area contributed by atoms with Crippen molar-refractivity contribution in [1.82, 2.24) is 9.97 Å². The monoisotopic (exact) mass is 366 g/mol. The molecule has 0 unspecified atom stereocenters. The summed E-state index contributed by atoms with van der Waals surface area (Å²) < 4.78 is 57.1. The Morgan fingerprint density at radius 2 is 1.88 bits per heavy atom. The number of alkyl halides is 2. The number of rotatable bonds is 6. The highest BCUT2D eigenvalue weighted by Crippen LogP contribution is 2.29. The number of H-pyrrole nitrogens is 1. The molecular formula is C17H16F2N2O3S. The lowest BCUT2D eigenvalue weighted by Crippen LogP contribution is -2.23. The highest BCUT2D eigenvalue weighted by molar-refractivity contribution is 7.91. The van der Waals surface area contributed by atoms with E-state index in [0.29, 0.717) is 11.0 Å². The summed E-state index contributed by atoms with van der Waals surface area (Å²) in [6.07, 6.45) is 0. The van der Waals surface area contributed by atoms with Crippen molar-refractivity contribution in [1.29, 1.82) is 0 Å². The maximum atomic E-state index is 14.1. The van der Waals surface area contributed by atoms with E-state index in [0.717, 1.165) is 0 Å². The second-order valence-corrected chi connectivity index (χ2v) is 7.76. The van der Waals surface area contributed by atoms with E-state index in [1.54, 1.807) is 13.0 Å². The van der Waals surface area contributed by atoms with Crippen molar-refractivity contribution in [3.63, 3.8) is 0 Å². The lowest BCUT2D eigenvalue weighted by Gasteiger charge is -2.16. The van der Waals surface area contributed by atoms with Crippen LogP contribution >= 0.6 is 0 Å². The molecule has 0 aliphatic heterocycles. The van der Waals surface area contributed by atoms with E-state index in [4.69, 9.17) is 4.74 Å². The third-order valence-electron chi connectivity index (χ3n) is 3.76. The fraction of sp³-hybridized carbons (Fsp3) is 0.235. The second kappa shape index (κ2) is 6.44. The smallest absolute Gasteiger partial charge is 0.306 e.